The average Bonchev–Trinajstić information content (AvgIpc) is 3.39. The van der Waals surface area contributed by atoms with Crippen LogP contribution in [0.5, 0.6) is 5.75 Å². The van der Waals surface area contributed by atoms with Crippen LogP contribution >= 0.6 is 22.9 Å². The van der Waals surface area contributed by atoms with Crippen LogP contribution in [0.3, 0.4) is 0 Å². The Balaban J connectivity index is 1.44. The number of benzene rings is 1. The van der Waals surface area contributed by atoms with Gasteiger partial charge in [-0.15, -0.1) is 16.2 Å². The van der Waals surface area contributed by atoms with Crippen LogP contribution in [-0.2, 0) is 27.5 Å². The van der Waals surface area contributed by atoms with Crippen LogP contribution in [0.4, 0.5) is 19.0 Å². The second-order valence-corrected chi connectivity index (χ2v) is 11.3. The monoisotopic (exact) mass is 605 g/mol. The predicted octanol–water partition coefficient (Wildman–Crippen LogP) is 3.96. The van der Waals surface area contributed by atoms with Gasteiger partial charge in [-0.2, -0.15) is 13.2 Å². The van der Waals surface area contributed by atoms with E-state index in [1.165, 1.54) is 19.2 Å². The summed E-state index contributed by atoms with van der Waals surface area (Å²) in [4.78, 5) is 30.8. The van der Waals surface area contributed by atoms with Gasteiger partial charge in [-0.1, -0.05) is 23.7 Å². The molecule has 0 fully saturated rings. The van der Waals surface area contributed by atoms with Crippen LogP contribution in [0, 0.1) is 0 Å². The summed E-state index contributed by atoms with van der Waals surface area (Å²) in [7, 11) is -2.64. The van der Waals surface area contributed by atoms with E-state index >= 15 is 0 Å². The molecule has 0 bridgehead atoms. The molecule has 4 N–H and O–H groups in total. The normalized spacial score (nSPS) is 11.6. The van der Waals surface area contributed by atoms with Crippen LogP contribution in [-0.4, -0.2) is 38.9 Å². The molecule has 39 heavy (non-hydrogen) atoms. The third-order valence-electron chi connectivity index (χ3n) is 5.07. The topological polar surface area (TPSA) is 139 Å². The largest absolute Gasteiger partial charge is 0.496 e. The standard InChI is InChI=1S/C23H23ClF3N5O5S2/c1-37-17-6-3-2-5-15(17)22(34)30-13-14-8-9-19(38-14)39(35,36)32-31-18(33)7-4-11-28-21-20(24)16(10-12-29-21)23(25,26)27/h2-3,5-6,8-10,12,32H,4,7,11,13H2,1H3,(H,28,29)(H,30,34)(H,31,33). The summed E-state index contributed by atoms with van der Waals surface area (Å²) in [6.45, 7) is 0.129. The molecule has 1 aromatic carbocycles. The van der Waals surface area contributed by atoms with E-state index in [9.17, 15) is 31.2 Å². The van der Waals surface area contributed by atoms with Crippen molar-refractivity contribution in [3.63, 3.8) is 0 Å². The number of hydrazine groups is 1. The van der Waals surface area contributed by atoms with Crippen molar-refractivity contribution in [3.8, 4) is 5.75 Å². The molecule has 0 atom stereocenters. The molecule has 2 heterocycles. The molecule has 16 heteroatoms. The van der Waals surface area contributed by atoms with Crippen molar-refractivity contribution >= 4 is 50.6 Å². The molecule has 10 nitrogen and oxygen atoms in total. The number of thiophene rings is 1. The van der Waals surface area contributed by atoms with Gasteiger partial charge in [0, 0.05) is 24.0 Å². The van der Waals surface area contributed by atoms with Crippen molar-refractivity contribution in [3.05, 3.63) is 69.7 Å². The maximum absolute atomic E-state index is 12.9. The molecule has 3 aromatic rings. The SMILES string of the molecule is COc1ccccc1C(=O)NCc1ccc(S(=O)(=O)NNC(=O)CCCNc2nccc(C(F)(F)F)c2Cl)s1. The first-order valence-electron chi connectivity index (χ1n) is 11.2. The van der Waals surface area contributed by atoms with Gasteiger partial charge in [0.05, 0.1) is 29.8 Å². The number of amides is 2. The summed E-state index contributed by atoms with van der Waals surface area (Å²) in [5.41, 5.74) is 1.38. The van der Waals surface area contributed by atoms with Gasteiger partial charge >= 0.3 is 6.18 Å². The molecule has 3 rings (SSSR count). The fourth-order valence-electron chi connectivity index (χ4n) is 3.17. The Bertz CT molecular complexity index is 1430. The molecular weight excluding hydrogens is 583 g/mol. The minimum atomic E-state index is -4.64. The number of halogens is 4. The van der Waals surface area contributed by atoms with Crippen molar-refractivity contribution in [2.75, 3.05) is 19.0 Å². The number of para-hydroxylation sites is 1. The van der Waals surface area contributed by atoms with Crippen LogP contribution in [0.2, 0.25) is 5.02 Å². The number of sulfonamides is 1. The third kappa shape index (κ3) is 8.29. The molecule has 0 saturated carbocycles. The van der Waals surface area contributed by atoms with Crippen molar-refractivity contribution < 1.29 is 35.9 Å². The lowest BCUT2D eigenvalue weighted by molar-refractivity contribution is -0.137. The number of aromatic nitrogens is 1. The summed E-state index contributed by atoms with van der Waals surface area (Å²) in [6.07, 6.45) is -3.67. The number of ether oxygens (including phenoxy) is 1. The Hall–Kier alpha value is -3.40. The number of hydrogen-bond acceptors (Lipinski definition) is 8. The zero-order chi connectivity index (χ0) is 28.6. The van der Waals surface area contributed by atoms with Crippen molar-refractivity contribution in [1.29, 1.82) is 0 Å². The van der Waals surface area contributed by atoms with Gasteiger partial charge < -0.3 is 15.4 Å². The fraction of sp³-hybridized carbons (Fsp3) is 0.261. The number of nitrogens with one attached hydrogen (secondary N) is 4. The van der Waals surface area contributed by atoms with E-state index in [-0.39, 0.29) is 36.0 Å². The lowest BCUT2D eigenvalue weighted by Gasteiger charge is -2.12. The van der Waals surface area contributed by atoms with Crippen molar-refractivity contribution in [2.45, 2.75) is 29.8 Å². The van der Waals surface area contributed by atoms with Gasteiger partial charge in [0.15, 0.2) is 0 Å². The van der Waals surface area contributed by atoms with Crippen molar-refractivity contribution in [2.24, 2.45) is 0 Å². The van der Waals surface area contributed by atoms with Gasteiger partial charge in [-0.05, 0) is 36.8 Å². The fourth-order valence-corrected chi connectivity index (χ4v) is 5.61. The van der Waals surface area contributed by atoms with E-state index < -0.39 is 38.6 Å². The van der Waals surface area contributed by atoms with Gasteiger partial charge in [-0.25, -0.2) is 13.4 Å². The molecule has 2 aromatic heterocycles. The van der Waals surface area contributed by atoms with Gasteiger partial charge in [0.25, 0.3) is 15.9 Å². The lowest BCUT2D eigenvalue weighted by Crippen LogP contribution is -2.41. The number of anilines is 1. The second kappa shape index (κ2) is 13.1. The van der Waals surface area contributed by atoms with Crippen LogP contribution in [0.15, 0.2) is 52.9 Å². The van der Waals surface area contributed by atoms with E-state index in [4.69, 9.17) is 16.3 Å². The van der Waals surface area contributed by atoms with E-state index in [1.54, 1.807) is 24.3 Å². The first-order valence-corrected chi connectivity index (χ1v) is 13.9. The minimum absolute atomic E-state index is 0.0586. The number of rotatable bonds is 12. The molecule has 0 unspecified atom stereocenters. The maximum atomic E-state index is 12.9. The number of pyridine rings is 1. The van der Waals surface area contributed by atoms with E-state index in [1.807, 2.05) is 4.83 Å². The first kappa shape index (κ1) is 30.1. The molecule has 210 valence electrons. The van der Waals surface area contributed by atoms with Gasteiger partial charge in [0.1, 0.15) is 15.8 Å². The number of carbonyl (C=O) groups excluding carboxylic acids is 2. The summed E-state index contributed by atoms with van der Waals surface area (Å²) in [6, 6.07) is 10.3. The first-order chi connectivity index (χ1) is 18.4. The average molecular weight is 606 g/mol. The zero-order valence-electron chi connectivity index (χ0n) is 20.3. The Morgan fingerprint density at radius 1 is 1.13 bits per heavy atom. The number of hydrogen-bond donors (Lipinski definition) is 4. The second-order valence-electron chi connectivity index (χ2n) is 7.81. The Labute approximate surface area is 230 Å². The highest BCUT2D eigenvalue weighted by Gasteiger charge is 2.34. The number of carbonyl (C=O) groups is 2. The summed E-state index contributed by atoms with van der Waals surface area (Å²) in [5.74, 6) is -0.836. The highest BCUT2D eigenvalue weighted by molar-refractivity contribution is 7.91. The third-order valence-corrected chi connectivity index (χ3v) is 8.28. The number of alkyl halides is 3. The Morgan fingerprint density at radius 3 is 2.59 bits per heavy atom. The summed E-state index contributed by atoms with van der Waals surface area (Å²) >= 11 is 6.65. The molecular formula is C23H23ClF3N5O5S2. The van der Waals surface area contributed by atoms with Crippen LogP contribution in [0.25, 0.3) is 0 Å². The highest BCUT2D eigenvalue weighted by Crippen LogP contribution is 2.37. The quantitative estimate of drug-likeness (QED) is 0.181. The summed E-state index contributed by atoms with van der Waals surface area (Å²) in [5, 5.41) is 4.73. The zero-order valence-corrected chi connectivity index (χ0v) is 22.7. The minimum Gasteiger partial charge on any atom is -0.496 e. The molecule has 0 radical (unpaired) electrons. The van der Waals surface area contributed by atoms with Crippen LogP contribution in [0.1, 0.15) is 33.6 Å². The lowest BCUT2D eigenvalue weighted by atomic mass is 10.2. The Kier molecular flexibility index (Phi) is 10.1. The molecule has 0 aliphatic carbocycles. The van der Waals surface area contributed by atoms with Crippen LogP contribution < -0.4 is 25.6 Å². The number of nitrogens with zero attached hydrogens (tertiary/aromatic N) is 1. The maximum Gasteiger partial charge on any atom is 0.418 e. The Morgan fingerprint density at radius 2 is 1.87 bits per heavy atom. The highest BCUT2D eigenvalue weighted by atomic mass is 35.5. The predicted molar refractivity (Wildman–Crippen MR) is 139 cm³/mol. The van der Waals surface area contributed by atoms with Crippen molar-refractivity contribution in [1.82, 2.24) is 20.6 Å². The molecule has 0 aliphatic heterocycles. The smallest absolute Gasteiger partial charge is 0.418 e. The van der Waals surface area contributed by atoms with E-state index in [0.29, 0.717) is 16.2 Å². The van der Waals surface area contributed by atoms with E-state index in [2.05, 4.69) is 21.0 Å². The summed E-state index contributed by atoms with van der Waals surface area (Å²) < 4.78 is 68.8. The molecule has 2 amide bonds. The van der Waals surface area contributed by atoms with E-state index in [0.717, 1.165) is 23.6 Å². The number of methoxy groups -OCH3 is 1. The molecule has 0 saturated heterocycles. The van der Waals surface area contributed by atoms with Gasteiger partial charge in [0.2, 0.25) is 5.91 Å². The molecule has 0 aliphatic rings. The van der Waals surface area contributed by atoms with Gasteiger partial charge in [-0.3, -0.25) is 15.0 Å². The molecule has 0 spiro atoms.